The van der Waals surface area contributed by atoms with Crippen molar-refractivity contribution in [2.45, 2.75) is 6.92 Å². The Labute approximate surface area is 109 Å². The standard InChI is InChI=1S/C12H11FN2O3S/c1-2-19(17,18)15-7-10(6-14-15)11-5-9(8-16)3-4-12(11)13/h3-8H,2H2,1H3. The normalized spacial score (nSPS) is 11.5. The molecule has 0 bridgehead atoms. The molecular formula is C12H11FN2O3S. The Morgan fingerprint density at radius 1 is 1.42 bits per heavy atom. The van der Waals surface area contributed by atoms with E-state index in [0.717, 1.165) is 10.2 Å². The van der Waals surface area contributed by atoms with Gasteiger partial charge < -0.3 is 0 Å². The van der Waals surface area contributed by atoms with Crippen LogP contribution in [-0.2, 0) is 10.0 Å². The summed E-state index contributed by atoms with van der Waals surface area (Å²) in [4.78, 5) is 10.7. The third-order valence-corrected chi connectivity index (χ3v) is 4.15. The Bertz CT molecular complexity index is 722. The number of aldehydes is 1. The first-order chi connectivity index (χ1) is 8.97. The molecule has 0 aliphatic heterocycles. The van der Waals surface area contributed by atoms with Crippen molar-refractivity contribution in [3.05, 3.63) is 42.0 Å². The molecule has 19 heavy (non-hydrogen) atoms. The molecule has 0 fully saturated rings. The van der Waals surface area contributed by atoms with Crippen molar-refractivity contribution in [1.29, 1.82) is 0 Å². The second-order valence-corrected chi connectivity index (χ2v) is 5.97. The summed E-state index contributed by atoms with van der Waals surface area (Å²) < 4.78 is 37.7. The molecule has 1 heterocycles. The van der Waals surface area contributed by atoms with Crippen molar-refractivity contribution < 1.29 is 17.6 Å². The van der Waals surface area contributed by atoms with E-state index in [1.54, 1.807) is 0 Å². The lowest BCUT2D eigenvalue weighted by Gasteiger charge is -2.01. The lowest BCUT2D eigenvalue weighted by molar-refractivity contribution is 0.112. The van der Waals surface area contributed by atoms with Gasteiger partial charge in [-0.15, -0.1) is 0 Å². The van der Waals surface area contributed by atoms with E-state index in [4.69, 9.17) is 0 Å². The fourth-order valence-electron chi connectivity index (χ4n) is 1.57. The van der Waals surface area contributed by atoms with E-state index < -0.39 is 15.8 Å². The van der Waals surface area contributed by atoms with E-state index in [9.17, 15) is 17.6 Å². The molecule has 5 nitrogen and oxygen atoms in total. The van der Waals surface area contributed by atoms with Crippen LogP contribution in [-0.4, -0.2) is 29.6 Å². The molecule has 100 valence electrons. The minimum Gasteiger partial charge on any atom is -0.298 e. The number of carbonyl (C=O) groups excluding carboxylic acids is 1. The lowest BCUT2D eigenvalue weighted by atomic mass is 10.1. The number of carbonyl (C=O) groups is 1. The maximum atomic E-state index is 13.7. The van der Waals surface area contributed by atoms with Gasteiger partial charge in [-0.1, -0.05) is 0 Å². The number of hydrogen-bond donors (Lipinski definition) is 0. The lowest BCUT2D eigenvalue weighted by Crippen LogP contribution is -2.14. The van der Waals surface area contributed by atoms with Gasteiger partial charge in [-0.05, 0) is 25.1 Å². The molecule has 2 aromatic rings. The van der Waals surface area contributed by atoms with Gasteiger partial charge in [0.2, 0.25) is 0 Å². The minimum absolute atomic E-state index is 0.106. The van der Waals surface area contributed by atoms with Crippen molar-refractivity contribution in [3.8, 4) is 11.1 Å². The van der Waals surface area contributed by atoms with Crippen LogP contribution in [0.25, 0.3) is 11.1 Å². The number of benzene rings is 1. The van der Waals surface area contributed by atoms with Crippen LogP contribution in [0.1, 0.15) is 17.3 Å². The molecule has 0 aliphatic rings. The predicted octanol–water partition coefficient (Wildman–Crippen LogP) is 1.70. The zero-order valence-corrected chi connectivity index (χ0v) is 10.9. The highest BCUT2D eigenvalue weighted by Crippen LogP contribution is 2.23. The summed E-state index contributed by atoms with van der Waals surface area (Å²) in [7, 11) is -3.50. The summed E-state index contributed by atoms with van der Waals surface area (Å²) in [5.74, 6) is -0.649. The van der Waals surface area contributed by atoms with E-state index in [1.165, 1.54) is 31.5 Å². The molecule has 0 N–H and O–H groups in total. The fraction of sp³-hybridized carbons (Fsp3) is 0.167. The molecule has 2 rings (SSSR count). The zero-order valence-electron chi connectivity index (χ0n) is 10.1. The molecule has 0 spiro atoms. The van der Waals surface area contributed by atoms with Gasteiger partial charge in [0.25, 0.3) is 10.0 Å². The Morgan fingerprint density at radius 3 is 2.79 bits per heavy atom. The Morgan fingerprint density at radius 2 is 2.16 bits per heavy atom. The highest BCUT2D eigenvalue weighted by Gasteiger charge is 2.14. The molecule has 0 radical (unpaired) electrons. The number of halogens is 1. The quantitative estimate of drug-likeness (QED) is 0.800. The van der Waals surface area contributed by atoms with Gasteiger partial charge in [0, 0.05) is 16.7 Å². The highest BCUT2D eigenvalue weighted by atomic mass is 32.2. The number of rotatable bonds is 4. The van der Waals surface area contributed by atoms with Gasteiger partial charge in [-0.2, -0.15) is 9.19 Å². The molecule has 0 atom stereocenters. The third-order valence-electron chi connectivity index (χ3n) is 2.65. The predicted molar refractivity (Wildman–Crippen MR) is 67.9 cm³/mol. The molecule has 7 heteroatoms. The van der Waals surface area contributed by atoms with Crippen molar-refractivity contribution >= 4 is 16.3 Å². The van der Waals surface area contributed by atoms with Crippen LogP contribution in [0.15, 0.2) is 30.6 Å². The number of nitrogens with zero attached hydrogens (tertiary/aromatic N) is 2. The molecule has 0 saturated carbocycles. The molecule has 0 amide bonds. The van der Waals surface area contributed by atoms with Gasteiger partial charge in [-0.25, -0.2) is 12.8 Å². The van der Waals surface area contributed by atoms with Gasteiger partial charge in [0.15, 0.2) is 0 Å². The Kier molecular flexibility index (Phi) is 3.48. The second-order valence-electron chi connectivity index (χ2n) is 3.86. The average Bonchev–Trinajstić information content (AvgIpc) is 2.89. The van der Waals surface area contributed by atoms with Crippen LogP contribution in [0.3, 0.4) is 0 Å². The average molecular weight is 282 g/mol. The van der Waals surface area contributed by atoms with Crippen molar-refractivity contribution in [2.75, 3.05) is 5.75 Å². The summed E-state index contributed by atoms with van der Waals surface area (Å²) in [6, 6.07) is 3.85. The molecule has 0 aliphatic carbocycles. The maximum absolute atomic E-state index is 13.7. The molecular weight excluding hydrogens is 271 g/mol. The van der Waals surface area contributed by atoms with Gasteiger partial charge in [-0.3, -0.25) is 4.79 Å². The minimum atomic E-state index is -3.50. The van der Waals surface area contributed by atoms with E-state index >= 15 is 0 Å². The monoisotopic (exact) mass is 282 g/mol. The molecule has 0 unspecified atom stereocenters. The number of aromatic nitrogens is 2. The topological polar surface area (TPSA) is 69.0 Å². The van der Waals surface area contributed by atoms with E-state index in [0.29, 0.717) is 17.4 Å². The van der Waals surface area contributed by atoms with Crippen LogP contribution in [0, 0.1) is 5.82 Å². The van der Waals surface area contributed by atoms with E-state index in [1.807, 2.05) is 0 Å². The highest BCUT2D eigenvalue weighted by molar-refractivity contribution is 7.89. The van der Waals surface area contributed by atoms with E-state index in [2.05, 4.69) is 5.10 Å². The summed E-state index contributed by atoms with van der Waals surface area (Å²) in [6.45, 7) is 1.49. The van der Waals surface area contributed by atoms with Gasteiger partial charge in [0.05, 0.1) is 18.1 Å². The SMILES string of the molecule is CCS(=O)(=O)n1cc(-c2cc(C=O)ccc2F)cn1. The largest absolute Gasteiger partial charge is 0.298 e. The zero-order chi connectivity index (χ0) is 14.0. The number of hydrogen-bond acceptors (Lipinski definition) is 4. The first-order valence-corrected chi connectivity index (χ1v) is 7.12. The van der Waals surface area contributed by atoms with Gasteiger partial charge in [0.1, 0.15) is 12.1 Å². The van der Waals surface area contributed by atoms with Crippen molar-refractivity contribution in [2.24, 2.45) is 0 Å². The van der Waals surface area contributed by atoms with Crippen LogP contribution < -0.4 is 0 Å². The second kappa shape index (κ2) is 4.93. The molecule has 0 saturated heterocycles. The fourth-order valence-corrected chi connectivity index (χ4v) is 2.30. The Balaban J connectivity index is 2.52. The smallest absolute Gasteiger partial charge is 0.253 e. The summed E-state index contributed by atoms with van der Waals surface area (Å²) in [6.07, 6.45) is 3.07. The summed E-state index contributed by atoms with van der Waals surface area (Å²) in [5.41, 5.74) is 0.753. The first kappa shape index (κ1) is 13.4. The maximum Gasteiger partial charge on any atom is 0.253 e. The van der Waals surface area contributed by atoms with E-state index in [-0.39, 0.29) is 11.3 Å². The molecule has 1 aromatic carbocycles. The van der Waals surface area contributed by atoms with Crippen molar-refractivity contribution in [1.82, 2.24) is 9.19 Å². The first-order valence-electron chi connectivity index (χ1n) is 5.51. The van der Waals surface area contributed by atoms with Gasteiger partial charge >= 0.3 is 0 Å². The third kappa shape index (κ3) is 2.55. The summed E-state index contributed by atoms with van der Waals surface area (Å²) >= 11 is 0. The molecule has 1 aromatic heterocycles. The van der Waals surface area contributed by atoms with Crippen LogP contribution in [0.5, 0.6) is 0 Å². The summed E-state index contributed by atoms with van der Waals surface area (Å²) in [5, 5.41) is 3.71. The van der Waals surface area contributed by atoms with Crippen LogP contribution in [0.2, 0.25) is 0 Å². The van der Waals surface area contributed by atoms with Crippen molar-refractivity contribution in [3.63, 3.8) is 0 Å². The van der Waals surface area contributed by atoms with Crippen LogP contribution >= 0.6 is 0 Å². The Hall–Kier alpha value is -2.02. The van der Waals surface area contributed by atoms with Crippen LogP contribution in [0.4, 0.5) is 4.39 Å².